The van der Waals surface area contributed by atoms with E-state index < -0.39 is 17.0 Å². The van der Waals surface area contributed by atoms with Gasteiger partial charge in [0.1, 0.15) is 0 Å². The maximum atomic E-state index is 12.9. The molecule has 0 spiro atoms. The van der Waals surface area contributed by atoms with Crippen LogP contribution in [0.2, 0.25) is 0 Å². The quantitative estimate of drug-likeness (QED) is 0.458. The minimum absolute atomic E-state index is 0.0269. The first kappa shape index (κ1) is 20.0. The molecule has 150 valence electrons. The van der Waals surface area contributed by atoms with Gasteiger partial charge in [0, 0.05) is 24.7 Å². The molecule has 0 saturated carbocycles. The molecule has 29 heavy (non-hydrogen) atoms. The summed E-state index contributed by atoms with van der Waals surface area (Å²) in [5, 5.41) is 13.5. The molecule has 2 aromatic carbocycles. The third-order valence-corrected chi connectivity index (χ3v) is 4.92. The van der Waals surface area contributed by atoms with Crippen molar-refractivity contribution in [3.63, 3.8) is 0 Å². The SMILES string of the molecule is C[C@@H](c1cccc([N+](=O)[O-])c1)N(C)C(=O)c1cccc(CN2C(=O)CNC2=O)c1. The van der Waals surface area contributed by atoms with E-state index in [1.165, 1.54) is 17.0 Å². The minimum atomic E-state index is -0.475. The van der Waals surface area contributed by atoms with Crippen molar-refractivity contribution in [3.8, 4) is 0 Å². The summed E-state index contributed by atoms with van der Waals surface area (Å²) >= 11 is 0. The molecule has 0 bridgehead atoms. The van der Waals surface area contributed by atoms with Crippen molar-refractivity contribution in [2.75, 3.05) is 13.6 Å². The predicted octanol–water partition coefficient (Wildman–Crippen LogP) is 2.48. The number of nitrogens with one attached hydrogen (secondary N) is 1. The highest BCUT2D eigenvalue weighted by atomic mass is 16.6. The number of urea groups is 1. The predicted molar refractivity (Wildman–Crippen MR) is 104 cm³/mol. The highest BCUT2D eigenvalue weighted by Crippen LogP contribution is 2.24. The molecule has 1 heterocycles. The van der Waals surface area contributed by atoms with E-state index in [4.69, 9.17) is 0 Å². The molecule has 1 fully saturated rings. The summed E-state index contributed by atoms with van der Waals surface area (Å²) < 4.78 is 0. The van der Waals surface area contributed by atoms with Gasteiger partial charge in [-0.2, -0.15) is 0 Å². The smallest absolute Gasteiger partial charge is 0.324 e. The van der Waals surface area contributed by atoms with Crippen LogP contribution in [0.25, 0.3) is 0 Å². The zero-order valence-corrected chi connectivity index (χ0v) is 16.0. The highest BCUT2D eigenvalue weighted by molar-refractivity contribution is 6.02. The molecule has 9 heteroatoms. The maximum Gasteiger partial charge on any atom is 0.324 e. The molecule has 9 nitrogen and oxygen atoms in total. The summed E-state index contributed by atoms with van der Waals surface area (Å²) in [5.74, 6) is -0.591. The highest BCUT2D eigenvalue weighted by Gasteiger charge is 2.28. The molecule has 3 rings (SSSR count). The van der Waals surface area contributed by atoms with Crippen molar-refractivity contribution in [3.05, 3.63) is 75.3 Å². The third kappa shape index (κ3) is 4.23. The monoisotopic (exact) mass is 396 g/mol. The summed E-state index contributed by atoms with van der Waals surface area (Å²) in [6.07, 6.45) is 0. The molecule has 0 radical (unpaired) electrons. The Morgan fingerprint density at radius 2 is 1.97 bits per heavy atom. The fourth-order valence-corrected chi connectivity index (χ4v) is 3.10. The van der Waals surface area contributed by atoms with Crippen LogP contribution in [0.5, 0.6) is 0 Å². The van der Waals surface area contributed by atoms with Gasteiger partial charge in [0.25, 0.3) is 11.6 Å². The number of imide groups is 1. The topological polar surface area (TPSA) is 113 Å². The lowest BCUT2D eigenvalue weighted by Gasteiger charge is -2.25. The summed E-state index contributed by atoms with van der Waals surface area (Å²) in [6, 6.07) is 12.0. The first-order valence-corrected chi connectivity index (χ1v) is 8.96. The Labute approximate surface area is 167 Å². The number of nitro benzene ring substituents is 1. The van der Waals surface area contributed by atoms with E-state index in [0.29, 0.717) is 16.7 Å². The van der Waals surface area contributed by atoms with Gasteiger partial charge in [0.2, 0.25) is 5.91 Å². The van der Waals surface area contributed by atoms with Crippen molar-refractivity contribution >= 4 is 23.5 Å². The molecule has 1 atom stereocenters. The van der Waals surface area contributed by atoms with Gasteiger partial charge in [-0.15, -0.1) is 0 Å². The van der Waals surface area contributed by atoms with Gasteiger partial charge in [0.05, 0.1) is 24.1 Å². The Morgan fingerprint density at radius 1 is 1.24 bits per heavy atom. The average molecular weight is 396 g/mol. The van der Waals surface area contributed by atoms with Gasteiger partial charge in [0.15, 0.2) is 0 Å². The summed E-state index contributed by atoms with van der Waals surface area (Å²) in [7, 11) is 1.62. The number of hydrogen-bond donors (Lipinski definition) is 1. The van der Waals surface area contributed by atoms with E-state index in [9.17, 15) is 24.5 Å². The number of amides is 4. The Bertz CT molecular complexity index is 974. The van der Waals surface area contributed by atoms with Crippen molar-refractivity contribution in [1.82, 2.24) is 15.1 Å². The largest absolute Gasteiger partial charge is 0.335 e. The third-order valence-electron chi connectivity index (χ3n) is 4.92. The van der Waals surface area contributed by atoms with Crippen LogP contribution in [0.3, 0.4) is 0 Å². The molecule has 0 aliphatic carbocycles. The fourth-order valence-electron chi connectivity index (χ4n) is 3.10. The van der Waals surface area contributed by atoms with E-state index in [1.807, 2.05) is 0 Å². The van der Waals surface area contributed by atoms with Crippen LogP contribution in [0.15, 0.2) is 48.5 Å². The van der Waals surface area contributed by atoms with Crippen LogP contribution in [-0.2, 0) is 11.3 Å². The van der Waals surface area contributed by atoms with Crippen molar-refractivity contribution in [2.24, 2.45) is 0 Å². The van der Waals surface area contributed by atoms with Gasteiger partial charge < -0.3 is 10.2 Å². The van der Waals surface area contributed by atoms with Crippen LogP contribution in [-0.4, -0.2) is 46.2 Å². The molecule has 4 amide bonds. The summed E-state index contributed by atoms with van der Waals surface area (Å²) in [5.41, 5.74) is 1.66. The zero-order chi connectivity index (χ0) is 21.1. The van der Waals surface area contributed by atoms with E-state index in [1.54, 1.807) is 50.4 Å². The van der Waals surface area contributed by atoms with Crippen LogP contribution < -0.4 is 5.32 Å². The van der Waals surface area contributed by atoms with Gasteiger partial charge in [-0.3, -0.25) is 24.6 Å². The molecule has 1 N–H and O–H groups in total. The Balaban J connectivity index is 1.77. The van der Waals surface area contributed by atoms with Crippen molar-refractivity contribution in [2.45, 2.75) is 19.5 Å². The van der Waals surface area contributed by atoms with E-state index in [2.05, 4.69) is 5.32 Å². The minimum Gasteiger partial charge on any atom is -0.335 e. The number of non-ortho nitro benzene ring substituents is 1. The number of benzene rings is 2. The van der Waals surface area contributed by atoms with Gasteiger partial charge in [-0.05, 0) is 30.2 Å². The Morgan fingerprint density at radius 3 is 2.62 bits per heavy atom. The number of nitro groups is 1. The maximum absolute atomic E-state index is 12.9. The van der Waals surface area contributed by atoms with Gasteiger partial charge in [-0.1, -0.05) is 24.3 Å². The first-order valence-electron chi connectivity index (χ1n) is 8.96. The standard InChI is InChI=1S/C20H20N4O5/c1-13(15-6-4-8-17(10-15)24(28)29)22(2)19(26)16-7-3-5-14(9-16)12-23-18(25)11-21-20(23)27/h3-10,13H,11-12H2,1-2H3,(H,21,27)/t13-/m0/s1. The average Bonchev–Trinajstić information content (AvgIpc) is 3.04. The normalized spacial score (nSPS) is 14.5. The Kier molecular flexibility index (Phi) is 5.58. The van der Waals surface area contributed by atoms with Gasteiger partial charge >= 0.3 is 6.03 Å². The van der Waals surface area contributed by atoms with Crippen molar-refractivity contribution < 1.29 is 19.3 Å². The van der Waals surface area contributed by atoms with Crippen LogP contribution in [0.4, 0.5) is 10.5 Å². The number of rotatable bonds is 6. The molecular weight excluding hydrogens is 376 g/mol. The molecule has 1 aliphatic rings. The number of carbonyl (C=O) groups is 3. The fraction of sp³-hybridized carbons (Fsp3) is 0.250. The summed E-state index contributed by atoms with van der Waals surface area (Å²) in [4.78, 5) is 49.5. The number of nitrogens with zero attached hydrogens (tertiary/aromatic N) is 3. The molecule has 1 aliphatic heterocycles. The molecule has 0 aromatic heterocycles. The van der Waals surface area contributed by atoms with Crippen LogP contribution >= 0.6 is 0 Å². The van der Waals surface area contributed by atoms with E-state index >= 15 is 0 Å². The molecular formula is C20H20N4O5. The van der Waals surface area contributed by atoms with Crippen molar-refractivity contribution in [1.29, 1.82) is 0 Å². The van der Waals surface area contributed by atoms with E-state index in [0.717, 1.165) is 4.90 Å². The molecule has 1 saturated heterocycles. The van der Waals surface area contributed by atoms with Crippen LogP contribution in [0.1, 0.15) is 34.5 Å². The molecule has 2 aromatic rings. The second-order valence-corrected chi connectivity index (χ2v) is 6.78. The van der Waals surface area contributed by atoms with E-state index in [-0.39, 0.29) is 30.6 Å². The second kappa shape index (κ2) is 8.09. The lowest BCUT2D eigenvalue weighted by molar-refractivity contribution is -0.384. The van der Waals surface area contributed by atoms with Crippen LogP contribution in [0, 0.1) is 10.1 Å². The second-order valence-electron chi connectivity index (χ2n) is 6.78. The van der Waals surface area contributed by atoms with Gasteiger partial charge in [-0.25, -0.2) is 4.79 Å². The number of hydrogen-bond acceptors (Lipinski definition) is 5. The lowest BCUT2D eigenvalue weighted by atomic mass is 10.0. The zero-order valence-electron chi connectivity index (χ0n) is 16.0. The first-order chi connectivity index (χ1) is 13.8. The Hall–Kier alpha value is -3.75. The number of carbonyl (C=O) groups excluding carboxylic acids is 3. The molecule has 0 unspecified atom stereocenters. The lowest BCUT2D eigenvalue weighted by Crippen LogP contribution is -2.31. The summed E-state index contributed by atoms with van der Waals surface area (Å²) in [6.45, 7) is 1.84.